The summed E-state index contributed by atoms with van der Waals surface area (Å²) in [6, 6.07) is 14.2. The zero-order chi connectivity index (χ0) is 19.8. The predicted octanol–water partition coefficient (Wildman–Crippen LogP) is 3.60. The molecule has 7 heteroatoms. The van der Waals surface area contributed by atoms with Crippen LogP contribution in [0.25, 0.3) is 0 Å². The normalized spacial score (nSPS) is 19.2. The van der Waals surface area contributed by atoms with Crippen molar-refractivity contribution in [2.75, 3.05) is 26.7 Å². The van der Waals surface area contributed by atoms with E-state index < -0.39 is 0 Å². The van der Waals surface area contributed by atoms with E-state index in [0.29, 0.717) is 13.0 Å². The Labute approximate surface area is 190 Å². The molecule has 29 heavy (non-hydrogen) atoms. The van der Waals surface area contributed by atoms with Gasteiger partial charge >= 0.3 is 0 Å². The summed E-state index contributed by atoms with van der Waals surface area (Å²) in [5, 5.41) is 6.73. The average Bonchev–Trinajstić information content (AvgIpc) is 3.32. The van der Waals surface area contributed by atoms with Crippen molar-refractivity contribution < 1.29 is 9.21 Å². The summed E-state index contributed by atoms with van der Waals surface area (Å²) in [6.07, 6.45) is 4.05. The number of hydrogen-bond donors (Lipinski definition) is 2. The summed E-state index contributed by atoms with van der Waals surface area (Å²) in [7, 11) is 1.89. The van der Waals surface area contributed by atoms with Gasteiger partial charge in [-0.1, -0.05) is 37.3 Å². The van der Waals surface area contributed by atoms with E-state index in [-0.39, 0.29) is 41.8 Å². The molecule has 2 aromatic rings. The summed E-state index contributed by atoms with van der Waals surface area (Å²) in [5.41, 5.74) is 1.17. The number of carbonyl (C=O) groups is 1. The van der Waals surface area contributed by atoms with E-state index in [0.717, 1.165) is 37.7 Å². The molecular weight excluding hydrogens is 479 g/mol. The molecule has 1 fully saturated rings. The third-order valence-electron chi connectivity index (χ3n) is 5.11. The number of furan rings is 1. The van der Waals surface area contributed by atoms with E-state index in [9.17, 15) is 4.79 Å². The molecule has 1 amide bonds. The lowest BCUT2D eigenvalue weighted by Gasteiger charge is -2.25. The number of aliphatic imine (C=N–C) groups is 1. The maximum atomic E-state index is 12.3. The molecule has 0 spiro atoms. The van der Waals surface area contributed by atoms with Gasteiger partial charge in [-0.05, 0) is 24.1 Å². The second-order valence-corrected chi connectivity index (χ2v) is 7.20. The third-order valence-corrected chi connectivity index (χ3v) is 5.11. The van der Waals surface area contributed by atoms with Gasteiger partial charge in [0.2, 0.25) is 5.91 Å². The second kappa shape index (κ2) is 11.8. The van der Waals surface area contributed by atoms with Crippen molar-refractivity contribution >= 4 is 35.8 Å². The Balaban J connectivity index is 0.00000300. The Morgan fingerprint density at radius 1 is 1.17 bits per heavy atom. The lowest BCUT2D eigenvalue weighted by molar-refractivity contribution is -0.127. The molecule has 3 rings (SSSR count). The predicted molar refractivity (Wildman–Crippen MR) is 126 cm³/mol. The van der Waals surface area contributed by atoms with Crippen LogP contribution >= 0.6 is 24.0 Å². The molecule has 0 saturated carbocycles. The standard InChI is InChI=1S/C22H30N4O2.HI/c1-3-12-23-22(24-13-11-19-10-7-14-28-19)25-16-18-15-20(27)26(2)21(18)17-8-5-4-6-9-17;/h4-10,14,18,21H,3,11-13,15-16H2,1-2H3,(H2,23,24,25);1H. The van der Waals surface area contributed by atoms with Crippen molar-refractivity contribution in [2.24, 2.45) is 10.9 Å². The van der Waals surface area contributed by atoms with Crippen LogP contribution in [-0.2, 0) is 11.2 Å². The molecule has 2 N–H and O–H groups in total. The van der Waals surface area contributed by atoms with Crippen LogP contribution in [0.15, 0.2) is 58.1 Å². The maximum Gasteiger partial charge on any atom is 0.223 e. The topological polar surface area (TPSA) is 69.9 Å². The molecule has 1 aliphatic rings. The van der Waals surface area contributed by atoms with E-state index in [2.05, 4.69) is 29.7 Å². The molecule has 1 saturated heterocycles. The second-order valence-electron chi connectivity index (χ2n) is 7.20. The third kappa shape index (κ3) is 6.48. The van der Waals surface area contributed by atoms with Gasteiger partial charge in [0.05, 0.1) is 12.3 Å². The highest BCUT2D eigenvalue weighted by Crippen LogP contribution is 2.36. The molecule has 1 aromatic heterocycles. The van der Waals surface area contributed by atoms with Gasteiger partial charge in [-0.2, -0.15) is 0 Å². The minimum absolute atomic E-state index is 0. The van der Waals surface area contributed by atoms with Gasteiger partial charge in [0.25, 0.3) is 0 Å². The highest BCUT2D eigenvalue weighted by molar-refractivity contribution is 14.0. The number of halogens is 1. The van der Waals surface area contributed by atoms with Crippen LogP contribution in [0.1, 0.15) is 37.1 Å². The van der Waals surface area contributed by atoms with Crippen molar-refractivity contribution in [3.63, 3.8) is 0 Å². The largest absolute Gasteiger partial charge is 0.469 e. The van der Waals surface area contributed by atoms with Crippen LogP contribution < -0.4 is 10.6 Å². The molecule has 0 radical (unpaired) electrons. The fourth-order valence-electron chi connectivity index (χ4n) is 3.65. The first-order valence-corrected chi connectivity index (χ1v) is 10.0. The Morgan fingerprint density at radius 3 is 2.62 bits per heavy atom. The molecule has 0 bridgehead atoms. The van der Waals surface area contributed by atoms with Gasteiger partial charge in [-0.15, -0.1) is 24.0 Å². The molecule has 1 aromatic carbocycles. The number of carbonyl (C=O) groups excluding carboxylic acids is 1. The number of likely N-dealkylation sites (tertiary alicyclic amines) is 1. The maximum absolute atomic E-state index is 12.3. The van der Waals surface area contributed by atoms with Gasteiger partial charge < -0.3 is 20.0 Å². The van der Waals surface area contributed by atoms with E-state index in [4.69, 9.17) is 9.41 Å². The van der Waals surface area contributed by atoms with Crippen LogP contribution in [0, 0.1) is 5.92 Å². The molecular formula is C22H31IN4O2. The summed E-state index contributed by atoms with van der Waals surface area (Å²) < 4.78 is 5.38. The highest BCUT2D eigenvalue weighted by atomic mass is 127. The van der Waals surface area contributed by atoms with Crippen LogP contribution in [0.4, 0.5) is 0 Å². The monoisotopic (exact) mass is 510 g/mol. The Bertz CT molecular complexity index is 764. The number of nitrogens with zero attached hydrogens (tertiary/aromatic N) is 2. The highest BCUT2D eigenvalue weighted by Gasteiger charge is 2.38. The van der Waals surface area contributed by atoms with Gasteiger partial charge in [-0.25, -0.2) is 0 Å². The van der Waals surface area contributed by atoms with E-state index in [1.54, 1.807) is 6.26 Å². The van der Waals surface area contributed by atoms with Crippen LogP contribution in [0.5, 0.6) is 0 Å². The summed E-state index contributed by atoms with van der Waals surface area (Å²) in [6.45, 7) is 4.34. The van der Waals surface area contributed by atoms with Crippen LogP contribution in [0.3, 0.4) is 0 Å². The van der Waals surface area contributed by atoms with Crippen molar-refractivity contribution in [1.82, 2.24) is 15.5 Å². The van der Waals surface area contributed by atoms with Gasteiger partial charge in [-0.3, -0.25) is 9.79 Å². The quantitative estimate of drug-likeness (QED) is 0.324. The Hall–Kier alpha value is -2.03. The van der Waals surface area contributed by atoms with Gasteiger partial charge in [0.1, 0.15) is 5.76 Å². The summed E-state index contributed by atoms with van der Waals surface area (Å²) >= 11 is 0. The SMILES string of the molecule is CCCNC(=NCC1CC(=O)N(C)C1c1ccccc1)NCCc1ccco1.I. The van der Waals surface area contributed by atoms with Crippen molar-refractivity contribution in [2.45, 2.75) is 32.2 Å². The number of amides is 1. The first-order valence-electron chi connectivity index (χ1n) is 10.0. The number of rotatable bonds is 8. The number of nitrogens with one attached hydrogen (secondary N) is 2. The van der Waals surface area contributed by atoms with E-state index in [1.165, 1.54) is 5.56 Å². The van der Waals surface area contributed by atoms with E-state index >= 15 is 0 Å². The lowest BCUT2D eigenvalue weighted by atomic mass is 9.94. The molecule has 2 heterocycles. The minimum atomic E-state index is 0. The fraction of sp³-hybridized carbons (Fsp3) is 0.455. The van der Waals surface area contributed by atoms with Crippen LogP contribution in [0.2, 0.25) is 0 Å². The first-order chi connectivity index (χ1) is 13.7. The smallest absolute Gasteiger partial charge is 0.223 e. The average molecular weight is 510 g/mol. The Kier molecular flexibility index (Phi) is 9.50. The van der Waals surface area contributed by atoms with Crippen molar-refractivity contribution in [1.29, 1.82) is 0 Å². The minimum Gasteiger partial charge on any atom is -0.469 e. The lowest BCUT2D eigenvalue weighted by Crippen LogP contribution is -2.39. The van der Waals surface area contributed by atoms with Gasteiger partial charge in [0, 0.05) is 45.4 Å². The first kappa shape index (κ1) is 23.3. The molecule has 1 aliphatic heterocycles. The van der Waals surface area contributed by atoms with E-state index in [1.807, 2.05) is 42.3 Å². The molecule has 0 aliphatic carbocycles. The van der Waals surface area contributed by atoms with Crippen molar-refractivity contribution in [3.05, 3.63) is 60.1 Å². The molecule has 6 nitrogen and oxygen atoms in total. The van der Waals surface area contributed by atoms with Gasteiger partial charge in [0.15, 0.2) is 5.96 Å². The summed E-state index contributed by atoms with van der Waals surface area (Å²) in [4.78, 5) is 19.0. The zero-order valence-electron chi connectivity index (χ0n) is 17.1. The van der Waals surface area contributed by atoms with Crippen LogP contribution in [-0.4, -0.2) is 43.4 Å². The number of guanidine groups is 1. The zero-order valence-corrected chi connectivity index (χ0v) is 19.5. The summed E-state index contributed by atoms with van der Waals surface area (Å²) in [5.74, 6) is 2.10. The Morgan fingerprint density at radius 2 is 1.93 bits per heavy atom. The molecule has 2 unspecified atom stereocenters. The molecule has 2 atom stereocenters. The number of benzene rings is 1. The van der Waals surface area contributed by atoms with Crippen molar-refractivity contribution in [3.8, 4) is 0 Å². The number of hydrogen-bond acceptors (Lipinski definition) is 3. The fourth-order valence-corrected chi connectivity index (χ4v) is 3.65. The molecule has 158 valence electrons.